The molecule has 0 aromatic heterocycles. The molecule has 32 heavy (non-hydrogen) atoms. The standard InChI is InChI=1S/C22H40N2O8/c25-15-6-1-3-12-20(28)24-18(10-9-14-23-19(27)11-5-7-16-26)22(31)32-17-8-2-4-13-21(29)30/h18,25-26H,1-17H2,(H,23,27)(H,24,28)(H,29,30)/t18-/m0/s1. The second kappa shape index (κ2) is 20.7. The molecule has 0 aliphatic rings. The Labute approximate surface area is 190 Å². The Morgan fingerprint density at radius 1 is 0.719 bits per heavy atom. The number of amides is 2. The summed E-state index contributed by atoms with van der Waals surface area (Å²) in [4.78, 5) is 46.8. The molecule has 0 unspecified atom stereocenters. The van der Waals surface area contributed by atoms with Crippen LogP contribution in [0.4, 0.5) is 0 Å². The number of carboxylic acid groups (broad SMARTS) is 1. The predicted octanol–water partition coefficient (Wildman–Crippen LogP) is 1.27. The number of unbranched alkanes of at least 4 members (excludes halogenated alkanes) is 5. The fourth-order valence-electron chi connectivity index (χ4n) is 2.94. The van der Waals surface area contributed by atoms with Crippen LogP contribution in [0.1, 0.15) is 83.5 Å². The Morgan fingerprint density at radius 2 is 1.31 bits per heavy atom. The number of aliphatic carboxylic acids is 1. The number of nitrogens with one attached hydrogen (secondary N) is 2. The van der Waals surface area contributed by atoms with Gasteiger partial charge in [0, 0.05) is 39.0 Å². The summed E-state index contributed by atoms with van der Waals surface area (Å²) in [5.41, 5.74) is 0. The molecule has 0 aliphatic heterocycles. The van der Waals surface area contributed by atoms with Gasteiger partial charge in [-0.1, -0.05) is 6.42 Å². The van der Waals surface area contributed by atoms with Crippen molar-refractivity contribution in [2.75, 3.05) is 26.4 Å². The number of ether oxygens (including phenoxy) is 1. The smallest absolute Gasteiger partial charge is 0.328 e. The van der Waals surface area contributed by atoms with Crippen LogP contribution in [0.15, 0.2) is 0 Å². The minimum Gasteiger partial charge on any atom is -0.481 e. The van der Waals surface area contributed by atoms with Crippen LogP contribution < -0.4 is 10.6 Å². The van der Waals surface area contributed by atoms with Crippen LogP contribution in [0, 0.1) is 0 Å². The third-order valence-corrected chi connectivity index (χ3v) is 4.76. The molecule has 0 spiro atoms. The maximum absolute atomic E-state index is 12.4. The first kappa shape index (κ1) is 29.8. The van der Waals surface area contributed by atoms with E-state index in [2.05, 4.69) is 10.6 Å². The minimum absolute atomic E-state index is 0.0519. The van der Waals surface area contributed by atoms with Crippen molar-refractivity contribution in [1.29, 1.82) is 0 Å². The lowest BCUT2D eigenvalue weighted by Gasteiger charge is -2.18. The SMILES string of the molecule is O=C(O)CCCCCOC(=O)[C@H](CCCNC(=O)CCCCO)NC(=O)CCCCCO. The third-order valence-electron chi connectivity index (χ3n) is 4.76. The van der Waals surface area contributed by atoms with Crippen LogP contribution in [-0.2, 0) is 23.9 Å². The van der Waals surface area contributed by atoms with E-state index in [4.69, 9.17) is 20.1 Å². The van der Waals surface area contributed by atoms with Crippen molar-refractivity contribution in [3.63, 3.8) is 0 Å². The summed E-state index contributed by atoms with van der Waals surface area (Å²) in [7, 11) is 0. The lowest BCUT2D eigenvalue weighted by atomic mass is 10.1. The molecular formula is C22H40N2O8. The zero-order valence-corrected chi connectivity index (χ0v) is 19.0. The fourth-order valence-corrected chi connectivity index (χ4v) is 2.94. The molecule has 10 nitrogen and oxygen atoms in total. The third kappa shape index (κ3) is 18.6. The van der Waals surface area contributed by atoms with E-state index in [1.54, 1.807) is 0 Å². The largest absolute Gasteiger partial charge is 0.481 e. The van der Waals surface area contributed by atoms with Gasteiger partial charge in [-0.05, 0) is 57.8 Å². The maximum Gasteiger partial charge on any atom is 0.328 e. The Bertz CT molecular complexity index is 542. The minimum atomic E-state index is -0.857. The van der Waals surface area contributed by atoms with Crippen molar-refractivity contribution >= 4 is 23.8 Å². The van der Waals surface area contributed by atoms with Gasteiger partial charge >= 0.3 is 11.9 Å². The molecule has 0 aliphatic carbocycles. The van der Waals surface area contributed by atoms with Gasteiger partial charge < -0.3 is 30.7 Å². The molecule has 2 amide bonds. The molecule has 5 N–H and O–H groups in total. The highest BCUT2D eigenvalue weighted by Gasteiger charge is 2.22. The predicted molar refractivity (Wildman–Crippen MR) is 118 cm³/mol. The van der Waals surface area contributed by atoms with Gasteiger partial charge in [0.1, 0.15) is 6.04 Å². The van der Waals surface area contributed by atoms with Gasteiger partial charge in [0.15, 0.2) is 0 Å². The van der Waals surface area contributed by atoms with Crippen LogP contribution >= 0.6 is 0 Å². The quantitative estimate of drug-likeness (QED) is 0.126. The first-order chi connectivity index (χ1) is 15.4. The molecule has 186 valence electrons. The van der Waals surface area contributed by atoms with Gasteiger partial charge in [-0.2, -0.15) is 0 Å². The van der Waals surface area contributed by atoms with Crippen molar-refractivity contribution < 1.29 is 39.2 Å². The van der Waals surface area contributed by atoms with Gasteiger partial charge in [0.05, 0.1) is 6.61 Å². The van der Waals surface area contributed by atoms with E-state index >= 15 is 0 Å². The van der Waals surface area contributed by atoms with Gasteiger partial charge in [0.2, 0.25) is 11.8 Å². The zero-order chi connectivity index (χ0) is 24.0. The van der Waals surface area contributed by atoms with Crippen LogP contribution in [0.5, 0.6) is 0 Å². The van der Waals surface area contributed by atoms with E-state index in [1.807, 2.05) is 0 Å². The number of carbonyl (C=O) groups is 4. The Hall–Kier alpha value is -2.20. The van der Waals surface area contributed by atoms with E-state index < -0.39 is 18.0 Å². The Kier molecular flexibility index (Phi) is 19.3. The number of hydrogen-bond donors (Lipinski definition) is 5. The summed E-state index contributed by atoms with van der Waals surface area (Å²) < 4.78 is 5.25. The number of esters is 1. The van der Waals surface area contributed by atoms with E-state index in [1.165, 1.54) is 0 Å². The molecule has 0 aromatic rings. The van der Waals surface area contributed by atoms with Crippen LogP contribution in [0.25, 0.3) is 0 Å². The number of carbonyl (C=O) groups excluding carboxylic acids is 3. The molecular weight excluding hydrogens is 420 g/mol. The van der Waals surface area contributed by atoms with Crippen molar-refractivity contribution in [2.45, 2.75) is 89.5 Å². The van der Waals surface area contributed by atoms with E-state index in [0.717, 1.165) is 6.42 Å². The van der Waals surface area contributed by atoms with Gasteiger partial charge in [0.25, 0.3) is 0 Å². The van der Waals surface area contributed by atoms with Crippen molar-refractivity contribution in [3.05, 3.63) is 0 Å². The summed E-state index contributed by atoms with van der Waals surface area (Å²) in [6.45, 7) is 0.650. The molecule has 0 aromatic carbocycles. The molecule has 0 rings (SSSR count). The number of hydrogen-bond acceptors (Lipinski definition) is 7. The first-order valence-electron chi connectivity index (χ1n) is 11.6. The highest BCUT2D eigenvalue weighted by atomic mass is 16.5. The van der Waals surface area contributed by atoms with Crippen molar-refractivity contribution in [2.24, 2.45) is 0 Å². The van der Waals surface area contributed by atoms with Crippen LogP contribution in [0.3, 0.4) is 0 Å². The maximum atomic E-state index is 12.4. The molecule has 0 radical (unpaired) electrons. The van der Waals surface area contributed by atoms with E-state index in [-0.39, 0.29) is 44.5 Å². The van der Waals surface area contributed by atoms with Gasteiger partial charge in [-0.3, -0.25) is 14.4 Å². The highest BCUT2D eigenvalue weighted by Crippen LogP contribution is 2.06. The van der Waals surface area contributed by atoms with Crippen LogP contribution in [0.2, 0.25) is 0 Å². The van der Waals surface area contributed by atoms with Crippen molar-refractivity contribution in [1.82, 2.24) is 10.6 Å². The number of aliphatic hydroxyl groups excluding tert-OH is 2. The Balaban J connectivity index is 4.39. The molecule has 0 saturated carbocycles. The number of rotatable bonds is 21. The van der Waals surface area contributed by atoms with Crippen molar-refractivity contribution in [3.8, 4) is 0 Å². The van der Waals surface area contributed by atoms with Crippen LogP contribution in [-0.4, -0.2) is 71.5 Å². The fraction of sp³-hybridized carbons (Fsp3) is 0.818. The summed E-state index contributed by atoms with van der Waals surface area (Å²) in [5, 5.41) is 31.6. The topological polar surface area (TPSA) is 162 Å². The summed E-state index contributed by atoms with van der Waals surface area (Å²) in [6, 6.07) is -0.814. The number of carboxylic acids is 1. The summed E-state index contributed by atoms with van der Waals surface area (Å²) in [6.07, 6.45) is 6.28. The van der Waals surface area contributed by atoms with Gasteiger partial charge in [-0.15, -0.1) is 0 Å². The molecule has 0 bridgehead atoms. The van der Waals surface area contributed by atoms with E-state index in [0.29, 0.717) is 70.8 Å². The summed E-state index contributed by atoms with van der Waals surface area (Å²) >= 11 is 0. The average Bonchev–Trinajstić information content (AvgIpc) is 2.75. The molecule has 0 heterocycles. The lowest BCUT2D eigenvalue weighted by Crippen LogP contribution is -2.42. The molecule has 10 heteroatoms. The summed E-state index contributed by atoms with van der Waals surface area (Å²) in [5.74, 6) is -1.78. The highest BCUT2D eigenvalue weighted by molar-refractivity contribution is 5.84. The lowest BCUT2D eigenvalue weighted by molar-refractivity contribution is -0.148. The first-order valence-corrected chi connectivity index (χ1v) is 11.6. The molecule has 1 atom stereocenters. The van der Waals surface area contributed by atoms with E-state index in [9.17, 15) is 19.2 Å². The normalized spacial score (nSPS) is 11.6. The second-order valence-corrected chi connectivity index (χ2v) is 7.70. The monoisotopic (exact) mass is 460 g/mol. The number of aliphatic hydroxyl groups is 2. The van der Waals surface area contributed by atoms with Gasteiger partial charge in [-0.25, -0.2) is 4.79 Å². The second-order valence-electron chi connectivity index (χ2n) is 7.70. The zero-order valence-electron chi connectivity index (χ0n) is 19.0. The average molecular weight is 461 g/mol. The Morgan fingerprint density at radius 3 is 2.00 bits per heavy atom. The molecule has 0 fully saturated rings. The molecule has 0 saturated heterocycles.